The molecule has 0 aromatic heterocycles. The van der Waals surface area contributed by atoms with E-state index in [2.05, 4.69) is 10.1 Å². The molecule has 148 valence electrons. The zero-order valence-electron chi connectivity index (χ0n) is 14.9. The molecule has 8 heteroatoms. The van der Waals surface area contributed by atoms with Crippen molar-refractivity contribution in [2.75, 3.05) is 0 Å². The summed E-state index contributed by atoms with van der Waals surface area (Å²) in [5.74, 6) is -1.40. The Bertz CT molecular complexity index is 665. The Hall–Kier alpha value is -2.51. The number of rotatable bonds is 6. The maximum Gasteiger partial charge on any atom is 0.573 e. The van der Waals surface area contributed by atoms with Crippen LogP contribution in [0.25, 0.3) is 6.08 Å². The topological polar surface area (TPSA) is 64.6 Å². The summed E-state index contributed by atoms with van der Waals surface area (Å²) in [6.07, 6.45) is 2.01. The van der Waals surface area contributed by atoms with Crippen molar-refractivity contribution in [3.05, 3.63) is 35.9 Å². The molecule has 1 aliphatic rings. The van der Waals surface area contributed by atoms with Gasteiger partial charge >= 0.3 is 12.3 Å². The number of esters is 1. The molecule has 1 aromatic rings. The van der Waals surface area contributed by atoms with Crippen LogP contribution in [0.15, 0.2) is 30.3 Å². The fourth-order valence-corrected chi connectivity index (χ4v) is 2.78. The van der Waals surface area contributed by atoms with Crippen LogP contribution < -0.4 is 10.1 Å². The largest absolute Gasteiger partial charge is 0.573 e. The van der Waals surface area contributed by atoms with Crippen molar-refractivity contribution in [2.45, 2.75) is 57.5 Å². The third-order valence-corrected chi connectivity index (χ3v) is 4.14. The quantitative estimate of drug-likeness (QED) is 0.594. The van der Waals surface area contributed by atoms with Gasteiger partial charge in [-0.25, -0.2) is 4.79 Å². The number of alkyl halides is 3. The van der Waals surface area contributed by atoms with Crippen molar-refractivity contribution in [1.29, 1.82) is 0 Å². The lowest BCUT2D eigenvalue weighted by Crippen LogP contribution is -2.42. The van der Waals surface area contributed by atoms with E-state index in [0.717, 1.165) is 43.9 Å². The standard InChI is InChI=1S/C19H22F3NO4/c1-13(18(25)23-15-5-3-2-4-6-15)26-17(24)12-9-14-7-10-16(11-8-14)27-19(20,21)22/h7-13,15H,2-6H2,1H3,(H,23,25)/b12-9+/t13-/m0/s1. The first kappa shape index (κ1) is 20.8. The molecule has 1 atom stereocenters. The summed E-state index contributed by atoms with van der Waals surface area (Å²) in [6.45, 7) is 1.49. The minimum Gasteiger partial charge on any atom is -0.449 e. The molecule has 1 aliphatic carbocycles. The summed E-state index contributed by atoms with van der Waals surface area (Å²) in [5, 5.41) is 2.88. The van der Waals surface area contributed by atoms with Gasteiger partial charge in [-0.05, 0) is 43.5 Å². The average Bonchev–Trinajstić information content (AvgIpc) is 2.60. The van der Waals surface area contributed by atoms with Crippen LogP contribution >= 0.6 is 0 Å². The van der Waals surface area contributed by atoms with Crippen LogP contribution in [0.5, 0.6) is 5.75 Å². The Morgan fingerprint density at radius 1 is 1.15 bits per heavy atom. The highest BCUT2D eigenvalue weighted by Crippen LogP contribution is 2.23. The summed E-state index contributed by atoms with van der Waals surface area (Å²) in [6, 6.07) is 5.13. The molecular weight excluding hydrogens is 363 g/mol. The predicted molar refractivity (Wildman–Crippen MR) is 92.7 cm³/mol. The molecule has 0 radical (unpaired) electrons. The van der Waals surface area contributed by atoms with Gasteiger partial charge < -0.3 is 14.8 Å². The molecule has 27 heavy (non-hydrogen) atoms. The fraction of sp³-hybridized carbons (Fsp3) is 0.474. The summed E-state index contributed by atoms with van der Waals surface area (Å²) in [4.78, 5) is 23.9. The molecule has 1 N–H and O–H groups in total. The molecule has 0 saturated heterocycles. The van der Waals surface area contributed by atoms with E-state index in [9.17, 15) is 22.8 Å². The lowest BCUT2D eigenvalue weighted by molar-refractivity contribution is -0.274. The maximum absolute atomic E-state index is 12.1. The number of ether oxygens (including phenoxy) is 2. The Kier molecular flexibility index (Phi) is 7.27. The lowest BCUT2D eigenvalue weighted by Gasteiger charge is -2.24. The lowest BCUT2D eigenvalue weighted by atomic mass is 9.95. The van der Waals surface area contributed by atoms with Gasteiger partial charge in [-0.15, -0.1) is 13.2 Å². The van der Waals surface area contributed by atoms with E-state index in [0.29, 0.717) is 5.56 Å². The summed E-state index contributed by atoms with van der Waals surface area (Å²) in [7, 11) is 0. The number of hydrogen-bond donors (Lipinski definition) is 1. The molecule has 0 spiro atoms. The third-order valence-electron chi connectivity index (χ3n) is 4.14. The van der Waals surface area contributed by atoms with Crippen molar-refractivity contribution >= 4 is 18.0 Å². The van der Waals surface area contributed by atoms with E-state index < -0.39 is 18.4 Å². The van der Waals surface area contributed by atoms with Crippen molar-refractivity contribution in [3.63, 3.8) is 0 Å². The number of nitrogens with one attached hydrogen (secondary N) is 1. The molecule has 0 aliphatic heterocycles. The van der Waals surface area contributed by atoms with Gasteiger partial charge in [0, 0.05) is 12.1 Å². The summed E-state index contributed by atoms with van der Waals surface area (Å²) >= 11 is 0. The Balaban J connectivity index is 1.80. The molecule has 5 nitrogen and oxygen atoms in total. The molecule has 0 unspecified atom stereocenters. The molecule has 1 aromatic carbocycles. The van der Waals surface area contributed by atoms with E-state index in [1.54, 1.807) is 0 Å². The number of amides is 1. The van der Waals surface area contributed by atoms with Gasteiger partial charge in [-0.2, -0.15) is 0 Å². The molecule has 2 rings (SSSR count). The molecular formula is C19H22F3NO4. The minimum atomic E-state index is -4.75. The van der Waals surface area contributed by atoms with Gasteiger partial charge in [0.15, 0.2) is 6.10 Å². The maximum atomic E-state index is 12.1. The molecule has 0 bridgehead atoms. The van der Waals surface area contributed by atoms with Crippen LogP contribution in [0.4, 0.5) is 13.2 Å². The van der Waals surface area contributed by atoms with Crippen LogP contribution in [0.2, 0.25) is 0 Å². The Morgan fingerprint density at radius 2 is 1.78 bits per heavy atom. The smallest absolute Gasteiger partial charge is 0.449 e. The SMILES string of the molecule is C[C@H](OC(=O)/C=C/c1ccc(OC(F)(F)F)cc1)C(=O)NC1CCCCC1. The Morgan fingerprint density at radius 3 is 2.37 bits per heavy atom. The zero-order valence-corrected chi connectivity index (χ0v) is 14.9. The van der Waals surface area contributed by atoms with Crippen LogP contribution in [-0.4, -0.2) is 30.4 Å². The second kappa shape index (κ2) is 9.43. The molecule has 1 saturated carbocycles. The van der Waals surface area contributed by atoms with Gasteiger partial charge in [-0.1, -0.05) is 31.4 Å². The van der Waals surface area contributed by atoms with Crippen molar-refractivity contribution in [1.82, 2.24) is 5.32 Å². The highest BCUT2D eigenvalue weighted by molar-refractivity contribution is 5.90. The molecule has 1 fully saturated rings. The van der Waals surface area contributed by atoms with E-state index in [4.69, 9.17) is 4.74 Å². The number of carbonyl (C=O) groups is 2. The monoisotopic (exact) mass is 385 g/mol. The van der Waals surface area contributed by atoms with Gasteiger partial charge in [0.25, 0.3) is 5.91 Å². The fourth-order valence-electron chi connectivity index (χ4n) is 2.78. The highest BCUT2D eigenvalue weighted by atomic mass is 19.4. The van der Waals surface area contributed by atoms with Crippen LogP contribution in [0.3, 0.4) is 0 Å². The third kappa shape index (κ3) is 7.72. The van der Waals surface area contributed by atoms with E-state index in [1.807, 2.05) is 0 Å². The van der Waals surface area contributed by atoms with E-state index in [-0.39, 0.29) is 17.7 Å². The second-order valence-corrected chi connectivity index (χ2v) is 6.37. The summed E-state index contributed by atoms with van der Waals surface area (Å²) in [5.41, 5.74) is 0.487. The van der Waals surface area contributed by atoms with Crippen molar-refractivity contribution in [3.8, 4) is 5.75 Å². The zero-order chi connectivity index (χ0) is 19.9. The van der Waals surface area contributed by atoms with Gasteiger partial charge in [0.1, 0.15) is 5.75 Å². The minimum absolute atomic E-state index is 0.125. The van der Waals surface area contributed by atoms with Crippen LogP contribution in [0, 0.1) is 0 Å². The first-order chi connectivity index (χ1) is 12.7. The molecule has 0 heterocycles. The van der Waals surface area contributed by atoms with E-state index >= 15 is 0 Å². The highest BCUT2D eigenvalue weighted by Gasteiger charge is 2.30. The van der Waals surface area contributed by atoms with Gasteiger partial charge in [-0.3, -0.25) is 4.79 Å². The number of benzene rings is 1. The van der Waals surface area contributed by atoms with Crippen LogP contribution in [0.1, 0.15) is 44.6 Å². The van der Waals surface area contributed by atoms with E-state index in [1.165, 1.54) is 31.6 Å². The normalized spacial score (nSPS) is 16.7. The number of hydrogen-bond acceptors (Lipinski definition) is 4. The summed E-state index contributed by atoms with van der Waals surface area (Å²) < 4.78 is 45.1. The first-order valence-corrected chi connectivity index (χ1v) is 8.78. The van der Waals surface area contributed by atoms with Crippen molar-refractivity contribution < 1.29 is 32.2 Å². The van der Waals surface area contributed by atoms with Gasteiger partial charge in [0.2, 0.25) is 0 Å². The van der Waals surface area contributed by atoms with Crippen molar-refractivity contribution in [2.24, 2.45) is 0 Å². The number of carbonyl (C=O) groups excluding carboxylic acids is 2. The second-order valence-electron chi connectivity index (χ2n) is 6.37. The van der Waals surface area contributed by atoms with Crippen LogP contribution in [-0.2, 0) is 14.3 Å². The molecule has 1 amide bonds. The van der Waals surface area contributed by atoms with Gasteiger partial charge in [0.05, 0.1) is 0 Å². The number of halogens is 3. The Labute approximate surface area is 155 Å². The average molecular weight is 385 g/mol. The first-order valence-electron chi connectivity index (χ1n) is 8.78. The predicted octanol–water partition coefficient (Wildman–Crippen LogP) is 3.98.